The number of benzene rings is 2. The molecule has 0 bridgehead atoms. The van der Waals surface area contributed by atoms with Crippen LogP contribution < -0.4 is 10.1 Å². The van der Waals surface area contributed by atoms with Crippen LogP contribution in [0.4, 0.5) is 5.69 Å². The number of hydrogen-bond acceptors (Lipinski definition) is 2. The van der Waals surface area contributed by atoms with Crippen LogP contribution in [0, 0.1) is 13.8 Å². The van der Waals surface area contributed by atoms with Crippen LogP contribution in [0.5, 0.6) is 5.75 Å². The molecule has 1 aliphatic heterocycles. The van der Waals surface area contributed by atoms with Gasteiger partial charge >= 0.3 is 0 Å². The van der Waals surface area contributed by atoms with Crippen molar-refractivity contribution in [1.82, 2.24) is 0 Å². The average Bonchev–Trinajstić information content (AvgIpc) is 2.77. The van der Waals surface area contributed by atoms with Crippen LogP contribution in [-0.4, -0.2) is 12.6 Å². The normalized spacial score (nSPS) is 16.6. The highest BCUT2D eigenvalue weighted by atomic mass is 35.5. The predicted octanol–water partition coefficient (Wildman–Crippen LogP) is 4.37. The van der Waals surface area contributed by atoms with Crippen molar-refractivity contribution in [3.8, 4) is 5.75 Å². The number of rotatable bonds is 3. The van der Waals surface area contributed by atoms with E-state index in [1.54, 1.807) is 0 Å². The highest BCUT2D eigenvalue weighted by molar-refractivity contribution is 6.30. The first-order valence-corrected chi connectivity index (χ1v) is 7.25. The lowest BCUT2D eigenvalue weighted by Gasteiger charge is -2.14. The molecule has 1 heterocycles. The molecule has 0 saturated carbocycles. The van der Waals surface area contributed by atoms with Crippen LogP contribution in [0.2, 0.25) is 5.02 Å². The summed E-state index contributed by atoms with van der Waals surface area (Å²) in [5.74, 6) is 0.960. The smallest absolute Gasteiger partial charge is 0.123 e. The molecular formula is C17H18ClNO. The monoisotopic (exact) mass is 287 g/mol. The molecule has 0 spiro atoms. The molecular weight excluding hydrogens is 270 g/mol. The molecule has 0 fully saturated rings. The van der Waals surface area contributed by atoms with Crippen LogP contribution in [0.15, 0.2) is 36.4 Å². The maximum atomic E-state index is 6.01. The van der Waals surface area contributed by atoms with Crippen molar-refractivity contribution in [3.63, 3.8) is 0 Å². The molecule has 20 heavy (non-hydrogen) atoms. The fourth-order valence-electron chi connectivity index (χ4n) is 2.71. The fraction of sp³-hybridized carbons (Fsp3) is 0.294. The van der Waals surface area contributed by atoms with Gasteiger partial charge in [0.25, 0.3) is 0 Å². The second kappa shape index (κ2) is 5.37. The topological polar surface area (TPSA) is 21.3 Å². The summed E-state index contributed by atoms with van der Waals surface area (Å²) in [7, 11) is 0. The average molecular weight is 288 g/mol. The van der Waals surface area contributed by atoms with Gasteiger partial charge < -0.3 is 10.1 Å². The van der Waals surface area contributed by atoms with Crippen molar-refractivity contribution in [1.29, 1.82) is 0 Å². The number of anilines is 1. The predicted molar refractivity (Wildman–Crippen MR) is 84.0 cm³/mol. The largest absolute Gasteiger partial charge is 0.488 e. The summed E-state index contributed by atoms with van der Waals surface area (Å²) in [6.45, 7) is 5.03. The number of aryl methyl sites for hydroxylation is 2. The van der Waals surface area contributed by atoms with Gasteiger partial charge in [-0.05, 0) is 60.9 Å². The molecule has 0 aliphatic carbocycles. The van der Waals surface area contributed by atoms with Gasteiger partial charge in [-0.25, -0.2) is 0 Å². The lowest BCUT2D eigenvalue weighted by Crippen LogP contribution is -2.24. The minimum absolute atomic E-state index is 0.171. The SMILES string of the molecule is Cc1cc(C)cc(NCC2Cc3cc(Cl)ccc3O2)c1. The molecule has 0 radical (unpaired) electrons. The van der Waals surface area contributed by atoms with E-state index in [1.165, 1.54) is 16.7 Å². The quantitative estimate of drug-likeness (QED) is 0.905. The minimum atomic E-state index is 0.171. The summed E-state index contributed by atoms with van der Waals surface area (Å²) in [4.78, 5) is 0. The van der Waals surface area contributed by atoms with Crippen molar-refractivity contribution in [2.75, 3.05) is 11.9 Å². The van der Waals surface area contributed by atoms with Gasteiger partial charge in [0.15, 0.2) is 0 Å². The van der Waals surface area contributed by atoms with Crippen molar-refractivity contribution < 1.29 is 4.74 Å². The summed E-state index contributed by atoms with van der Waals surface area (Å²) in [6.07, 6.45) is 1.08. The third kappa shape index (κ3) is 2.91. The number of ether oxygens (including phenoxy) is 1. The van der Waals surface area contributed by atoms with Gasteiger partial charge in [0.2, 0.25) is 0 Å². The summed E-state index contributed by atoms with van der Waals surface area (Å²) in [6, 6.07) is 12.3. The molecule has 1 N–H and O–H groups in total. The van der Waals surface area contributed by atoms with E-state index in [-0.39, 0.29) is 6.10 Å². The zero-order chi connectivity index (χ0) is 14.1. The van der Waals surface area contributed by atoms with E-state index >= 15 is 0 Å². The lowest BCUT2D eigenvalue weighted by atomic mass is 10.1. The Balaban J connectivity index is 1.63. The van der Waals surface area contributed by atoms with Crippen molar-refractivity contribution in [3.05, 3.63) is 58.1 Å². The van der Waals surface area contributed by atoms with E-state index in [0.29, 0.717) is 0 Å². The zero-order valence-electron chi connectivity index (χ0n) is 11.7. The number of halogens is 1. The maximum absolute atomic E-state index is 6.01. The standard InChI is InChI=1S/C17H18ClNO/c1-11-5-12(2)7-15(6-11)19-10-16-9-13-8-14(18)3-4-17(13)20-16/h3-8,16,19H,9-10H2,1-2H3. The highest BCUT2D eigenvalue weighted by Gasteiger charge is 2.22. The van der Waals surface area contributed by atoms with Crippen molar-refractivity contribution in [2.24, 2.45) is 0 Å². The van der Waals surface area contributed by atoms with Crippen LogP contribution in [-0.2, 0) is 6.42 Å². The molecule has 2 aromatic carbocycles. The fourth-order valence-corrected chi connectivity index (χ4v) is 2.91. The third-order valence-corrected chi connectivity index (χ3v) is 3.75. The molecule has 0 amide bonds. The molecule has 1 aliphatic rings. The van der Waals surface area contributed by atoms with Crippen LogP contribution in [0.1, 0.15) is 16.7 Å². The first-order valence-electron chi connectivity index (χ1n) is 6.87. The molecule has 0 saturated heterocycles. The molecule has 3 heteroatoms. The van der Waals surface area contributed by atoms with Gasteiger partial charge in [0.1, 0.15) is 11.9 Å². The maximum Gasteiger partial charge on any atom is 0.123 e. The van der Waals surface area contributed by atoms with Gasteiger partial charge in [-0.1, -0.05) is 17.7 Å². The molecule has 2 nitrogen and oxygen atoms in total. The van der Waals surface area contributed by atoms with E-state index < -0.39 is 0 Å². The van der Waals surface area contributed by atoms with E-state index in [4.69, 9.17) is 16.3 Å². The van der Waals surface area contributed by atoms with Crippen LogP contribution >= 0.6 is 11.6 Å². The van der Waals surface area contributed by atoms with E-state index in [0.717, 1.165) is 29.4 Å². The van der Waals surface area contributed by atoms with Gasteiger partial charge in [-0.3, -0.25) is 0 Å². The number of nitrogens with one attached hydrogen (secondary N) is 1. The molecule has 0 aromatic heterocycles. The minimum Gasteiger partial charge on any atom is -0.488 e. The Kier molecular flexibility index (Phi) is 3.58. The Bertz CT molecular complexity index is 619. The molecule has 3 rings (SSSR count). The van der Waals surface area contributed by atoms with Crippen LogP contribution in [0.25, 0.3) is 0 Å². The Morgan fingerprint density at radius 2 is 1.90 bits per heavy atom. The summed E-state index contributed by atoms with van der Waals surface area (Å²) >= 11 is 6.01. The molecule has 1 atom stereocenters. The van der Waals surface area contributed by atoms with Crippen molar-refractivity contribution >= 4 is 17.3 Å². The second-order valence-electron chi connectivity index (χ2n) is 5.45. The third-order valence-electron chi connectivity index (χ3n) is 3.52. The van der Waals surface area contributed by atoms with E-state index in [1.807, 2.05) is 18.2 Å². The lowest BCUT2D eigenvalue weighted by molar-refractivity contribution is 0.246. The van der Waals surface area contributed by atoms with E-state index in [2.05, 4.69) is 37.4 Å². The first-order chi connectivity index (χ1) is 9.60. The Morgan fingerprint density at radius 3 is 2.65 bits per heavy atom. The van der Waals surface area contributed by atoms with Gasteiger partial charge in [-0.15, -0.1) is 0 Å². The molecule has 2 aromatic rings. The Labute approximate surface area is 124 Å². The summed E-state index contributed by atoms with van der Waals surface area (Å²) in [5, 5.41) is 4.23. The van der Waals surface area contributed by atoms with Gasteiger partial charge in [0.05, 0.1) is 6.54 Å². The number of hydrogen-bond donors (Lipinski definition) is 1. The molecule has 1 unspecified atom stereocenters. The first kappa shape index (κ1) is 13.3. The Morgan fingerprint density at radius 1 is 1.15 bits per heavy atom. The van der Waals surface area contributed by atoms with Gasteiger partial charge in [0, 0.05) is 17.1 Å². The van der Waals surface area contributed by atoms with E-state index in [9.17, 15) is 0 Å². The second-order valence-corrected chi connectivity index (χ2v) is 5.89. The Hall–Kier alpha value is -1.67. The summed E-state index contributed by atoms with van der Waals surface area (Å²) in [5.41, 5.74) is 4.90. The van der Waals surface area contributed by atoms with Gasteiger partial charge in [-0.2, -0.15) is 0 Å². The highest BCUT2D eigenvalue weighted by Crippen LogP contribution is 2.31. The zero-order valence-corrected chi connectivity index (χ0v) is 12.5. The van der Waals surface area contributed by atoms with Crippen LogP contribution in [0.3, 0.4) is 0 Å². The number of fused-ring (bicyclic) bond motifs is 1. The van der Waals surface area contributed by atoms with Crippen molar-refractivity contribution in [2.45, 2.75) is 26.4 Å². The molecule has 104 valence electrons. The summed E-state index contributed by atoms with van der Waals surface area (Å²) < 4.78 is 5.92.